The molecular weight excluding hydrogens is 284 g/mol. The van der Waals surface area contributed by atoms with Crippen LogP contribution in [0.3, 0.4) is 0 Å². The first-order valence-electron chi connectivity index (χ1n) is 6.01. The van der Waals surface area contributed by atoms with Crippen LogP contribution in [0.15, 0.2) is 6.33 Å². The summed E-state index contributed by atoms with van der Waals surface area (Å²) in [5.41, 5.74) is -1.65. The molecule has 0 radical (unpaired) electrons. The summed E-state index contributed by atoms with van der Waals surface area (Å²) in [6, 6.07) is -0.659. The van der Waals surface area contributed by atoms with Gasteiger partial charge in [-0.3, -0.25) is 14.9 Å². The number of nitrogens with zero attached hydrogens (tertiary/aromatic N) is 3. The monoisotopic (exact) mass is 298 g/mol. The molecule has 0 saturated carbocycles. The summed E-state index contributed by atoms with van der Waals surface area (Å²) in [6.45, 7) is 1.62. The number of nitro groups is 1. The van der Waals surface area contributed by atoms with E-state index in [0.717, 1.165) is 6.33 Å². The number of ether oxygens (including phenoxy) is 2. The Morgan fingerprint density at radius 1 is 1.67 bits per heavy atom. The van der Waals surface area contributed by atoms with Gasteiger partial charge in [0, 0.05) is 0 Å². The first-order chi connectivity index (χ1) is 9.90. The van der Waals surface area contributed by atoms with Crippen LogP contribution in [0.5, 0.6) is 5.88 Å². The molecule has 21 heavy (non-hydrogen) atoms. The lowest BCUT2D eigenvalue weighted by Gasteiger charge is -2.25. The normalized spacial score (nSPS) is 24.6. The van der Waals surface area contributed by atoms with E-state index in [9.17, 15) is 20.0 Å². The zero-order valence-electron chi connectivity index (χ0n) is 11.4. The molecule has 114 valence electrons. The van der Waals surface area contributed by atoms with Crippen molar-refractivity contribution in [2.75, 3.05) is 25.6 Å². The molecular formula is C11H14N4O6. The highest BCUT2D eigenvalue weighted by Crippen LogP contribution is 2.35. The molecule has 2 atom stereocenters. The molecule has 1 aromatic heterocycles. The van der Waals surface area contributed by atoms with E-state index < -0.39 is 28.0 Å². The Labute approximate surface area is 119 Å². The summed E-state index contributed by atoms with van der Waals surface area (Å²) in [4.78, 5) is 29.3. The van der Waals surface area contributed by atoms with Crippen LogP contribution in [0.25, 0.3) is 0 Å². The highest BCUT2D eigenvalue weighted by Gasteiger charge is 2.47. The number of methoxy groups -OCH3 is 1. The van der Waals surface area contributed by atoms with Crippen LogP contribution in [0.1, 0.15) is 6.92 Å². The molecule has 2 heterocycles. The van der Waals surface area contributed by atoms with Gasteiger partial charge in [0.05, 0.1) is 31.3 Å². The Bertz CT molecular complexity index is 580. The molecule has 0 aliphatic carbocycles. The van der Waals surface area contributed by atoms with Crippen LogP contribution in [0.2, 0.25) is 0 Å². The minimum absolute atomic E-state index is 0.00994. The smallest absolute Gasteiger partial charge is 0.372 e. The maximum absolute atomic E-state index is 11.4. The van der Waals surface area contributed by atoms with Gasteiger partial charge in [-0.2, -0.15) is 4.98 Å². The summed E-state index contributed by atoms with van der Waals surface area (Å²) in [5, 5.41) is 23.2. The van der Waals surface area contributed by atoms with Crippen molar-refractivity contribution in [1.29, 1.82) is 0 Å². The van der Waals surface area contributed by atoms with E-state index in [1.807, 2.05) is 0 Å². The summed E-state index contributed by atoms with van der Waals surface area (Å²) >= 11 is 0. The minimum Gasteiger partial charge on any atom is -0.481 e. The third kappa shape index (κ3) is 2.57. The standard InChI is InChI=1S/C11H14N4O6/c1-11(10(16)17)4-21-3-6(11)14-8-7(15(18)19)9(20-2)13-5-12-8/h5-6H,3-4H2,1-2H3,(H,16,17)(H,12,13,14). The minimum atomic E-state index is -1.20. The van der Waals surface area contributed by atoms with Gasteiger partial charge in [-0.05, 0) is 6.92 Å². The van der Waals surface area contributed by atoms with Gasteiger partial charge in [0.1, 0.15) is 11.7 Å². The average molecular weight is 298 g/mol. The van der Waals surface area contributed by atoms with Crippen molar-refractivity contribution in [2.45, 2.75) is 13.0 Å². The molecule has 2 N–H and O–H groups in total. The summed E-state index contributed by atoms with van der Waals surface area (Å²) < 4.78 is 10.0. The Balaban J connectivity index is 2.36. The Morgan fingerprint density at radius 3 is 2.95 bits per heavy atom. The van der Waals surface area contributed by atoms with Gasteiger partial charge in [-0.15, -0.1) is 0 Å². The van der Waals surface area contributed by atoms with E-state index in [1.54, 1.807) is 0 Å². The number of carboxylic acid groups (broad SMARTS) is 1. The van der Waals surface area contributed by atoms with E-state index >= 15 is 0 Å². The number of carboxylic acids is 1. The third-order valence-corrected chi connectivity index (χ3v) is 3.42. The van der Waals surface area contributed by atoms with Crippen LogP contribution in [-0.2, 0) is 9.53 Å². The number of carbonyl (C=O) groups is 1. The van der Waals surface area contributed by atoms with Crippen molar-refractivity contribution in [1.82, 2.24) is 9.97 Å². The summed E-state index contributed by atoms with van der Waals surface area (Å²) in [6.07, 6.45) is 1.10. The summed E-state index contributed by atoms with van der Waals surface area (Å²) in [7, 11) is 1.25. The SMILES string of the molecule is COc1ncnc(NC2COCC2(C)C(=O)O)c1[N+](=O)[O-]. The average Bonchev–Trinajstić information content (AvgIpc) is 2.81. The molecule has 0 amide bonds. The van der Waals surface area contributed by atoms with Crippen molar-refractivity contribution < 1.29 is 24.3 Å². The highest BCUT2D eigenvalue weighted by atomic mass is 16.6. The van der Waals surface area contributed by atoms with Crippen molar-refractivity contribution in [2.24, 2.45) is 5.41 Å². The van der Waals surface area contributed by atoms with Crippen molar-refractivity contribution in [3.05, 3.63) is 16.4 Å². The lowest BCUT2D eigenvalue weighted by molar-refractivity contribution is -0.385. The van der Waals surface area contributed by atoms with E-state index in [0.29, 0.717) is 0 Å². The number of nitrogens with one attached hydrogen (secondary N) is 1. The third-order valence-electron chi connectivity index (χ3n) is 3.42. The van der Waals surface area contributed by atoms with Gasteiger partial charge >= 0.3 is 11.7 Å². The van der Waals surface area contributed by atoms with E-state index in [-0.39, 0.29) is 24.9 Å². The maximum atomic E-state index is 11.4. The second kappa shape index (κ2) is 5.48. The largest absolute Gasteiger partial charge is 0.481 e. The molecule has 10 nitrogen and oxygen atoms in total. The maximum Gasteiger partial charge on any atom is 0.372 e. The molecule has 10 heteroatoms. The fourth-order valence-electron chi connectivity index (χ4n) is 2.03. The fourth-order valence-corrected chi connectivity index (χ4v) is 2.03. The number of aliphatic carboxylic acids is 1. The van der Waals surface area contributed by atoms with Crippen LogP contribution in [0, 0.1) is 15.5 Å². The molecule has 1 aliphatic rings. The lowest BCUT2D eigenvalue weighted by Crippen LogP contribution is -2.43. The van der Waals surface area contributed by atoms with E-state index in [2.05, 4.69) is 15.3 Å². The van der Waals surface area contributed by atoms with Gasteiger partial charge in [-0.1, -0.05) is 0 Å². The van der Waals surface area contributed by atoms with Gasteiger partial charge < -0.3 is 19.9 Å². The number of hydrogen-bond acceptors (Lipinski definition) is 8. The van der Waals surface area contributed by atoms with E-state index in [1.165, 1.54) is 14.0 Å². The van der Waals surface area contributed by atoms with Crippen molar-refractivity contribution in [3.63, 3.8) is 0 Å². The molecule has 0 spiro atoms. The van der Waals surface area contributed by atoms with Crippen LogP contribution in [-0.4, -0.2) is 52.3 Å². The number of rotatable bonds is 5. The second-order valence-electron chi connectivity index (χ2n) is 4.77. The Morgan fingerprint density at radius 2 is 2.38 bits per heavy atom. The van der Waals surface area contributed by atoms with Crippen LogP contribution >= 0.6 is 0 Å². The molecule has 1 saturated heterocycles. The Hall–Kier alpha value is -2.49. The van der Waals surface area contributed by atoms with Crippen LogP contribution in [0.4, 0.5) is 11.5 Å². The molecule has 1 aromatic rings. The molecule has 0 aromatic carbocycles. The Kier molecular flexibility index (Phi) is 3.89. The highest BCUT2D eigenvalue weighted by molar-refractivity contribution is 5.77. The van der Waals surface area contributed by atoms with Crippen molar-refractivity contribution in [3.8, 4) is 5.88 Å². The topological polar surface area (TPSA) is 137 Å². The van der Waals surface area contributed by atoms with Gasteiger partial charge in [0.15, 0.2) is 0 Å². The first kappa shape index (κ1) is 14.9. The number of aromatic nitrogens is 2. The summed E-state index contributed by atoms with van der Waals surface area (Å²) in [5.74, 6) is -1.36. The quantitative estimate of drug-likeness (QED) is 0.580. The van der Waals surface area contributed by atoms with Gasteiger partial charge in [0.25, 0.3) is 5.88 Å². The predicted molar refractivity (Wildman–Crippen MR) is 69.2 cm³/mol. The van der Waals surface area contributed by atoms with Crippen molar-refractivity contribution >= 4 is 17.5 Å². The number of hydrogen-bond donors (Lipinski definition) is 2. The van der Waals surface area contributed by atoms with E-state index in [4.69, 9.17) is 9.47 Å². The molecule has 2 unspecified atom stereocenters. The molecule has 0 bridgehead atoms. The fraction of sp³-hybridized carbons (Fsp3) is 0.545. The first-order valence-corrected chi connectivity index (χ1v) is 6.01. The van der Waals surface area contributed by atoms with Crippen LogP contribution < -0.4 is 10.1 Å². The lowest BCUT2D eigenvalue weighted by atomic mass is 9.85. The predicted octanol–water partition coefficient (Wildman–Crippen LogP) is 0.295. The van der Waals surface area contributed by atoms with Gasteiger partial charge in [-0.25, -0.2) is 4.98 Å². The molecule has 2 rings (SSSR count). The molecule has 1 fully saturated rings. The zero-order valence-corrected chi connectivity index (χ0v) is 11.4. The second-order valence-corrected chi connectivity index (χ2v) is 4.77. The van der Waals surface area contributed by atoms with Gasteiger partial charge in [0.2, 0.25) is 5.82 Å². The molecule has 1 aliphatic heterocycles. The number of anilines is 1. The zero-order chi connectivity index (χ0) is 15.6.